The zero-order valence-electron chi connectivity index (χ0n) is 11.7. The largest absolute Gasteiger partial charge is 0.329 e. The van der Waals surface area contributed by atoms with E-state index in [2.05, 4.69) is 0 Å². The van der Waals surface area contributed by atoms with Crippen LogP contribution >= 0.6 is 0 Å². The Hall–Kier alpha value is -0.170. The van der Waals surface area contributed by atoms with Gasteiger partial charge in [-0.15, -0.1) is 0 Å². The van der Waals surface area contributed by atoms with Crippen molar-refractivity contribution in [3.63, 3.8) is 0 Å². The number of hydrogen-bond acceptors (Lipinski definition) is 4. The second-order valence-corrected chi connectivity index (χ2v) is 7.50. The van der Waals surface area contributed by atoms with Crippen LogP contribution in [0.5, 0.6) is 0 Å². The maximum atomic E-state index is 12.2. The van der Waals surface area contributed by atoms with Crippen LogP contribution in [-0.2, 0) is 10.0 Å². The van der Waals surface area contributed by atoms with Gasteiger partial charge < -0.3 is 10.6 Å². The molecule has 0 aliphatic rings. The van der Waals surface area contributed by atoms with Crippen LogP contribution in [0.4, 0.5) is 0 Å². The zero-order valence-corrected chi connectivity index (χ0v) is 12.5. The third kappa shape index (κ3) is 5.81. The monoisotopic (exact) mass is 265 g/mol. The Morgan fingerprint density at radius 3 is 2.00 bits per heavy atom. The van der Waals surface area contributed by atoms with E-state index in [1.54, 1.807) is 11.2 Å². The average Bonchev–Trinajstić information content (AvgIpc) is 2.21. The number of sulfonamides is 1. The highest BCUT2D eigenvalue weighted by atomic mass is 32.2. The third-order valence-corrected chi connectivity index (χ3v) is 4.83. The summed E-state index contributed by atoms with van der Waals surface area (Å²) in [5.41, 5.74) is 5.47. The number of hydrogen-bond donors (Lipinski definition) is 1. The van der Waals surface area contributed by atoms with Gasteiger partial charge in [-0.3, -0.25) is 0 Å². The van der Waals surface area contributed by atoms with E-state index in [1.807, 2.05) is 32.8 Å². The molecule has 0 aromatic heterocycles. The fourth-order valence-electron chi connectivity index (χ4n) is 1.42. The lowest BCUT2D eigenvalue weighted by Gasteiger charge is -2.27. The first-order valence-electron chi connectivity index (χ1n) is 6.05. The molecule has 0 radical (unpaired) electrons. The molecule has 0 bridgehead atoms. The molecule has 0 heterocycles. The molecule has 0 amide bonds. The van der Waals surface area contributed by atoms with Gasteiger partial charge in [0, 0.05) is 26.2 Å². The van der Waals surface area contributed by atoms with Gasteiger partial charge in [0.2, 0.25) is 10.0 Å². The van der Waals surface area contributed by atoms with Crippen molar-refractivity contribution in [1.82, 2.24) is 9.21 Å². The van der Waals surface area contributed by atoms with Crippen LogP contribution in [0.25, 0.3) is 0 Å². The van der Waals surface area contributed by atoms with E-state index in [1.165, 1.54) is 0 Å². The SMILES string of the molecule is CC(C)CN(CCN(C)C)S(=O)(=O)C(C)CN. The molecular weight excluding hydrogens is 238 g/mol. The van der Waals surface area contributed by atoms with Crippen LogP contribution in [0.1, 0.15) is 20.8 Å². The topological polar surface area (TPSA) is 66.6 Å². The van der Waals surface area contributed by atoms with Gasteiger partial charge in [0.25, 0.3) is 0 Å². The minimum Gasteiger partial charge on any atom is -0.329 e. The average molecular weight is 265 g/mol. The summed E-state index contributed by atoms with van der Waals surface area (Å²) in [6.07, 6.45) is 0. The van der Waals surface area contributed by atoms with Gasteiger partial charge in [-0.25, -0.2) is 12.7 Å². The summed E-state index contributed by atoms with van der Waals surface area (Å²) >= 11 is 0. The van der Waals surface area contributed by atoms with Gasteiger partial charge in [-0.05, 0) is 26.9 Å². The fourth-order valence-corrected chi connectivity index (χ4v) is 3.01. The summed E-state index contributed by atoms with van der Waals surface area (Å²) in [4.78, 5) is 1.98. The highest BCUT2D eigenvalue weighted by Crippen LogP contribution is 2.11. The van der Waals surface area contributed by atoms with Gasteiger partial charge in [0.1, 0.15) is 0 Å². The van der Waals surface area contributed by atoms with Crippen LogP contribution in [0, 0.1) is 5.92 Å². The Kier molecular flexibility index (Phi) is 7.23. The molecule has 0 saturated carbocycles. The summed E-state index contributed by atoms with van der Waals surface area (Å²) in [5, 5.41) is -0.511. The highest BCUT2D eigenvalue weighted by Gasteiger charge is 2.28. The molecule has 0 aromatic rings. The molecule has 1 unspecified atom stereocenters. The molecule has 104 valence electrons. The van der Waals surface area contributed by atoms with E-state index in [-0.39, 0.29) is 6.54 Å². The summed E-state index contributed by atoms with van der Waals surface area (Å²) in [6.45, 7) is 7.68. The molecule has 0 rings (SSSR count). The van der Waals surface area contributed by atoms with Gasteiger partial charge >= 0.3 is 0 Å². The van der Waals surface area contributed by atoms with Crippen LogP contribution in [0.15, 0.2) is 0 Å². The van der Waals surface area contributed by atoms with E-state index in [0.29, 0.717) is 19.0 Å². The van der Waals surface area contributed by atoms with Crippen molar-refractivity contribution in [2.75, 3.05) is 40.3 Å². The predicted molar refractivity (Wildman–Crippen MR) is 72.4 cm³/mol. The highest BCUT2D eigenvalue weighted by molar-refractivity contribution is 7.89. The van der Waals surface area contributed by atoms with E-state index < -0.39 is 15.3 Å². The van der Waals surface area contributed by atoms with Crippen LogP contribution in [0.3, 0.4) is 0 Å². The number of nitrogens with zero attached hydrogens (tertiary/aromatic N) is 2. The van der Waals surface area contributed by atoms with Crippen molar-refractivity contribution in [3.8, 4) is 0 Å². The van der Waals surface area contributed by atoms with Crippen molar-refractivity contribution < 1.29 is 8.42 Å². The first-order valence-corrected chi connectivity index (χ1v) is 7.55. The number of nitrogens with two attached hydrogens (primary N) is 1. The van der Waals surface area contributed by atoms with Gasteiger partial charge in [-0.2, -0.15) is 0 Å². The lowest BCUT2D eigenvalue weighted by Crippen LogP contribution is -2.45. The Morgan fingerprint density at radius 2 is 1.65 bits per heavy atom. The molecule has 0 saturated heterocycles. The van der Waals surface area contributed by atoms with Crippen molar-refractivity contribution >= 4 is 10.0 Å². The molecule has 0 fully saturated rings. The Labute approximate surface area is 106 Å². The summed E-state index contributed by atoms with van der Waals surface area (Å²) in [5.74, 6) is 0.317. The van der Waals surface area contributed by atoms with Gasteiger partial charge in [0.15, 0.2) is 0 Å². The fraction of sp³-hybridized carbons (Fsp3) is 1.00. The molecule has 2 N–H and O–H groups in total. The maximum Gasteiger partial charge on any atom is 0.218 e. The summed E-state index contributed by atoms with van der Waals surface area (Å²) in [7, 11) is 0.614. The minimum absolute atomic E-state index is 0.166. The normalized spacial score (nSPS) is 14.9. The van der Waals surface area contributed by atoms with Crippen LogP contribution < -0.4 is 5.73 Å². The van der Waals surface area contributed by atoms with Gasteiger partial charge in [-0.1, -0.05) is 13.8 Å². The Balaban J connectivity index is 4.78. The van der Waals surface area contributed by atoms with Crippen LogP contribution in [-0.4, -0.2) is 63.1 Å². The lowest BCUT2D eigenvalue weighted by atomic mass is 10.2. The molecule has 0 aliphatic carbocycles. The van der Waals surface area contributed by atoms with Crippen LogP contribution in [0.2, 0.25) is 0 Å². The van der Waals surface area contributed by atoms with Gasteiger partial charge in [0.05, 0.1) is 5.25 Å². The van der Waals surface area contributed by atoms with E-state index in [9.17, 15) is 8.42 Å². The van der Waals surface area contributed by atoms with E-state index >= 15 is 0 Å². The number of rotatable bonds is 8. The number of likely N-dealkylation sites (N-methyl/N-ethyl adjacent to an activating group) is 1. The smallest absolute Gasteiger partial charge is 0.218 e. The van der Waals surface area contributed by atoms with E-state index in [4.69, 9.17) is 5.73 Å². The molecule has 5 nitrogen and oxygen atoms in total. The summed E-state index contributed by atoms with van der Waals surface area (Å²) in [6, 6.07) is 0. The predicted octanol–water partition coefficient (Wildman–Crippen LogP) is 0.183. The second kappa shape index (κ2) is 7.31. The van der Waals surface area contributed by atoms with E-state index in [0.717, 1.165) is 6.54 Å². The maximum absolute atomic E-state index is 12.2. The Morgan fingerprint density at radius 1 is 1.12 bits per heavy atom. The first-order chi connectivity index (χ1) is 7.71. The molecule has 0 spiro atoms. The third-order valence-electron chi connectivity index (χ3n) is 2.57. The van der Waals surface area contributed by atoms with Crippen molar-refractivity contribution in [3.05, 3.63) is 0 Å². The van der Waals surface area contributed by atoms with Crippen molar-refractivity contribution in [1.29, 1.82) is 0 Å². The molecule has 1 atom stereocenters. The lowest BCUT2D eigenvalue weighted by molar-refractivity contribution is 0.310. The second-order valence-electron chi connectivity index (χ2n) is 5.15. The minimum atomic E-state index is -3.26. The molecule has 0 aliphatic heterocycles. The molecule has 6 heteroatoms. The first kappa shape index (κ1) is 16.8. The van der Waals surface area contributed by atoms with Crippen molar-refractivity contribution in [2.24, 2.45) is 11.7 Å². The standard InChI is InChI=1S/C11H27N3O2S/c1-10(2)9-14(7-6-13(4)5)17(15,16)11(3)8-12/h10-11H,6-9,12H2,1-5H3. The summed E-state index contributed by atoms with van der Waals surface area (Å²) < 4.78 is 26.0. The quantitative estimate of drug-likeness (QED) is 0.680. The molecule has 0 aromatic carbocycles. The van der Waals surface area contributed by atoms with Crippen molar-refractivity contribution in [2.45, 2.75) is 26.0 Å². The molecule has 17 heavy (non-hydrogen) atoms. The molecular formula is C11H27N3O2S. The zero-order chi connectivity index (χ0) is 13.6. The Bertz CT molecular complexity index is 302.